The number of nitrogens with one attached hydrogen (secondary N) is 2. The van der Waals surface area contributed by atoms with Gasteiger partial charge in [0.15, 0.2) is 0 Å². The molecule has 0 aliphatic rings. The van der Waals surface area contributed by atoms with E-state index < -0.39 is 5.41 Å². The van der Waals surface area contributed by atoms with Gasteiger partial charge in [0.2, 0.25) is 5.91 Å². The second kappa shape index (κ2) is 9.26. The third-order valence-electron chi connectivity index (χ3n) is 5.52. The van der Waals surface area contributed by atoms with E-state index in [-0.39, 0.29) is 5.91 Å². The van der Waals surface area contributed by atoms with Crippen molar-refractivity contribution in [3.63, 3.8) is 0 Å². The van der Waals surface area contributed by atoms with Crippen molar-refractivity contribution in [1.82, 2.24) is 4.98 Å². The molecule has 0 saturated heterocycles. The summed E-state index contributed by atoms with van der Waals surface area (Å²) in [5.41, 5.74) is 2.77. The minimum atomic E-state index is -0.788. The van der Waals surface area contributed by atoms with Crippen molar-refractivity contribution >= 4 is 23.1 Å². The van der Waals surface area contributed by atoms with Crippen LogP contribution in [0.15, 0.2) is 109 Å². The first-order valence-corrected chi connectivity index (χ1v) is 10.4. The highest BCUT2D eigenvalue weighted by Gasteiger charge is 2.40. The number of hydrogen-bond donors (Lipinski definition) is 2. The molecule has 1 heterocycles. The van der Waals surface area contributed by atoms with Crippen molar-refractivity contribution in [3.05, 3.63) is 120 Å². The summed E-state index contributed by atoms with van der Waals surface area (Å²) in [5.74, 6) is 0.648. The zero-order chi connectivity index (χ0) is 21.5. The Bertz CT molecular complexity index is 1070. The smallest absolute Gasteiger partial charge is 0.239 e. The molecular weight excluding hydrogens is 382 g/mol. The zero-order valence-electron chi connectivity index (χ0n) is 17.5. The molecule has 1 aromatic heterocycles. The largest absolute Gasteiger partial charge is 0.340 e. The number of benzene rings is 3. The quantitative estimate of drug-likeness (QED) is 0.386. The lowest BCUT2D eigenvalue weighted by molar-refractivity contribution is -0.120. The minimum Gasteiger partial charge on any atom is -0.340 e. The van der Waals surface area contributed by atoms with E-state index in [9.17, 15) is 4.79 Å². The van der Waals surface area contributed by atoms with Gasteiger partial charge in [-0.1, -0.05) is 85.8 Å². The van der Waals surface area contributed by atoms with Crippen LogP contribution >= 0.6 is 0 Å². The second-order valence-corrected chi connectivity index (χ2v) is 7.37. The average molecular weight is 408 g/mol. The first-order chi connectivity index (χ1) is 15.2. The van der Waals surface area contributed by atoms with Crippen LogP contribution in [0, 0.1) is 0 Å². The average Bonchev–Trinajstić information content (AvgIpc) is 2.83. The molecule has 4 nitrogen and oxygen atoms in total. The van der Waals surface area contributed by atoms with Crippen LogP contribution in [0.1, 0.15) is 24.5 Å². The lowest BCUT2D eigenvalue weighted by Crippen LogP contribution is -2.41. The summed E-state index contributed by atoms with van der Waals surface area (Å²) in [5, 5.41) is 6.35. The van der Waals surface area contributed by atoms with E-state index in [1.54, 1.807) is 6.20 Å². The fraction of sp³-hybridized carbons (Fsp3) is 0.111. The third-order valence-corrected chi connectivity index (χ3v) is 5.52. The number of hydrogen-bond acceptors (Lipinski definition) is 3. The molecule has 4 rings (SSSR count). The molecule has 4 heteroatoms. The van der Waals surface area contributed by atoms with Crippen molar-refractivity contribution < 1.29 is 4.79 Å². The van der Waals surface area contributed by atoms with Gasteiger partial charge < -0.3 is 10.6 Å². The van der Waals surface area contributed by atoms with Crippen LogP contribution in [0.2, 0.25) is 0 Å². The van der Waals surface area contributed by atoms with Crippen molar-refractivity contribution in [3.8, 4) is 0 Å². The Balaban J connectivity index is 1.61. The number of anilines is 3. The molecule has 0 bridgehead atoms. The normalized spacial score (nSPS) is 11.0. The molecule has 3 aromatic carbocycles. The molecule has 0 radical (unpaired) electrons. The van der Waals surface area contributed by atoms with Crippen LogP contribution in [0.4, 0.5) is 17.2 Å². The molecule has 0 unspecified atom stereocenters. The van der Waals surface area contributed by atoms with Gasteiger partial charge in [-0.05, 0) is 41.8 Å². The fourth-order valence-corrected chi connectivity index (χ4v) is 3.89. The van der Waals surface area contributed by atoms with E-state index in [2.05, 4.69) is 15.6 Å². The Morgan fingerprint density at radius 2 is 1.29 bits per heavy atom. The maximum Gasteiger partial charge on any atom is 0.239 e. The predicted octanol–water partition coefficient (Wildman–Crippen LogP) is 6.16. The van der Waals surface area contributed by atoms with Crippen LogP contribution in [-0.4, -0.2) is 10.9 Å². The van der Waals surface area contributed by atoms with Gasteiger partial charge in [0, 0.05) is 5.69 Å². The summed E-state index contributed by atoms with van der Waals surface area (Å²) in [7, 11) is 0. The maximum absolute atomic E-state index is 13.7. The summed E-state index contributed by atoms with van der Waals surface area (Å²) in [4.78, 5) is 18.1. The summed E-state index contributed by atoms with van der Waals surface area (Å²) in [6.07, 6.45) is 2.31. The van der Waals surface area contributed by atoms with Gasteiger partial charge in [-0.2, -0.15) is 0 Å². The second-order valence-electron chi connectivity index (χ2n) is 7.37. The molecular formula is C27H25N3O. The molecule has 0 atom stereocenters. The summed E-state index contributed by atoms with van der Waals surface area (Å²) in [6, 6.07) is 33.5. The van der Waals surface area contributed by atoms with Gasteiger partial charge in [0.05, 0.1) is 17.3 Å². The molecule has 4 aromatic rings. The molecule has 1 amide bonds. The van der Waals surface area contributed by atoms with Crippen LogP contribution < -0.4 is 10.6 Å². The standard InChI is InChI=1S/C27H25N3O/c1-2-27(21-12-6-3-7-13-21,22-14-8-4-9-15-22)26(31)30-24-18-19-25(28-20-24)29-23-16-10-5-11-17-23/h3-20H,2H2,1H3,(H,28,29)(H,30,31). The lowest BCUT2D eigenvalue weighted by atomic mass is 9.71. The number of carbonyl (C=O) groups excluding carboxylic acids is 1. The molecule has 0 spiro atoms. The number of amides is 1. The van der Waals surface area contributed by atoms with Gasteiger partial charge in [-0.3, -0.25) is 4.79 Å². The molecule has 31 heavy (non-hydrogen) atoms. The molecule has 0 aliphatic heterocycles. The number of carbonyl (C=O) groups is 1. The zero-order valence-corrected chi connectivity index (χ0v) is 17.5. The van der Waals surface area contributed by atoms with Gasteiger partial charge in [0.25, 0.3) is 0 Å². The number of aromatic nitrogens is 1. The minimum absolute atomic E-state index is 0.0713. The first kappa shape index (κ1) is 20.4. The topological polar surface area (TPSA) is 54.0 Å². The maximum atomic E-state index is 13.7. The number of nitrogens with zero attached hydrogens (tertiary/aromatic N) is 1. The molecule has 0 fully saturated rings. The van der Waals surface area contributed by atoms with Gasteiger partial charge in [-0.15, -0.1) is 0 Å². The van der Waals surface area contributed by atoms with E-state index in [1.165, 1.54) is 0 Å². The Labute approximate surface area is 183 Å². The molecule has 0 saturated carbocycles. The molecule has 0 aliphatic carbocycles. The Morgan fingerprint density at radius 3 is 1.77 bits per heavy atom. The SMILES string of the molecule is CCC(C(=O)Nc1ccc(Nc2ccccc2)nc1)(c1ccccc1)c1ccccc1. The van der Waals surface area contributed by atoms with E-state index >= 15 is 0 Å². The Kier molecular flexibility index (Phi) is 6.08. The van der Waals surface area contributed by atoms with Gasteiger partial charge in [-0.25, -0.2) is 4.98 Å². The highest BCUT2D eigenvalue weighted by Crippen LogP contribution is 2.37. The van der Waals surface area contributed by atoms with Crippen molar-refractivity contribution in [2.75, 3.05) is 10.6 Å². The van der Waals surface area contributed by atoms with Gasteiger partial charge >= 0.3 is 0 Å². The number of rotatable bonds is 7. The van der Waals surface area contributed by atoms with Crippen LogP contribution in [-0.2, 0) is 10.2 Å². The van der Waals surface area contributed by atoms with E-state index in [4.69, 9.17) is 0 Å². The predicted molar refractivity (Wildman–Crippen MR) is 127 cm³/mol. The van der Waals surface area contributed by atoms with E-state index in [1.807, 2.05) is 110 Å². The van der Waals surface area contributed by atoms with Crippen LogP contribution in [0.3, 0.4) is 0 Å². The van der Waals surface area contributed by atoms with Crippen LogP contribution in [0.5, 0.6) is 0 Å². The van der Waals surface area contributed by atoms with E-state index in [0.29, 0.717) is 12.1 Å². The highest BCUT2D eigenvalue weighted by molar-refractivity contribution is 6.01. The molecule has 154 valence electrons. The lowest BCUT2D eigenvalue weighted by Gasteiger charge is -2.32. The van der Waals surface area contributed by atoms with E-state index in [0.717, 1.165) is 22.6 Å². The number of para-hydroxylation sites is 1. The van der Waals surface area contributed by atoms with Gasteiger partial charge in [0.1, 0.15) is 5.82 Å². The first-order valence-electron chi connectivity index (χ1n) is 10.4. The Hall–Kier alpha value is -3.92. The fourth-order valence-electron chi connectivity index (χ4n) is 3.89. The number of pyridine rings is 1. The monoisotopic (exact) mass is 407 g/mol. The third kappa shape index (κ3) is 4.33. The Morgan fingerprint density at radius 1 is 0.742 bits per heavy atom. The van der Waals surface area contributed by atoms with Crippen molar-refractivity contribution in [1.29, 1.82) is 0 Å². The van der Waals surface area contributed by atoms with Crippen LogP contribution in [0.25, 0.3) is 0 Å². The highest BCUT2D eigenvalue weighted by atomic mass is 16.2. The summed E-state index contributed by atoms with van der Waals surface area (Å²) >= 11 is 0. The summed E-state index contributed by atoms with van der Waals surface area (Å²) < 4.78 is 0. The van der Waals surface area contributed by atoms with Crippen molar-refractivity contribution in [2.45, 2.75) is 18.8 Å². The van der Waals surface area contributed by atoms with Crippen molar-refractivity contribution in [2.24, 2.45) is 0 Å². The summed E-state index contributed by atoms with van der Waals surface area (Å²) in [6.45, 7) is 2.05. The molecule has 2 N–H and O–H groups in total.